The van der Waals surface area contributed by atoms with E-state index in [9.17, 15) is 9.90 Å². The second kappa shape index (κ2) is 7.86. The molecule has 0 spiro atoms. The number of aliphatic hydroxyl groups excluding tert-OH is 1. The topological polar surface area (TPSA) is 89.7 Å². The monoisotopic (exact) mass is 440 g/mol. The standard InChI is InChI=1S/C22H21ClN4O4/c1-30-19-8-16(5-6-18(19)31-12-17(28)13-2-3-13)26-10-14-11-27(25-21(14)22(26)29)20-7-4-15(23)9-24-20/h4-9,11,13,17,28H,2-3,10,12H2,1H3. The molecule has 1 saturated carbocycles. The van der Waals surface area contributed by atoms with Crippen molar-refractivity contribution in [2.75, 3.05) is 18.6 Å². The zero-order chi connectivity index (χ0) is 21.5. The molecule has 1 N–H and O–H groups in total. The number of carbonyl (C=O) groups excluding carboxylic acids is 1. The van der Waals surface area contributed by atoms with Crippen molar-refractivity contribution in [3.63, 3.8) is 0 Å². The number of fused-ring (bicyclic) bond motifs is 1. The number of rotatable bonds is 7. The number of anilines is 1. The molecule has 1 aliphatic heterocycles. The number of aromatic nitrogens is 3. The third-order valence-electron chi connectivity index (χ3n) is 5.55. The van der Waals surface area contributed by atoms with Crippen LogP contribution in [0.15, 0.2) is 42.7 Å². The molecule has 2 aromatic heterocycles. The van der Waals surface area contributed by atoms with E-state index in [4.69, 9.17) is 21.1 Å². The zero-order valence-electron chi connectivity index (χ0n) is 16.9. The maximum atomic E-state index is 13.0. The van der Waals surface area contributed by atoms with Crippen LogP contribution in [0.5, 0.6) is 11.5 Å². The number of aliphatic hydroxyl groups is 1. The van der Waals surface area contributed by atoms with E-state index in [1.54, 1.807) is 53.2 Å². The van der Waals surface area contributed by atoms with Gasteiger partial charge in [0.25, 0.3) is 5.91 Å². The van der Waals surface area contributed by atoms with Crippen molar-refractivity contribution in [2.45, 2.75) is 25.5 Å². The van der Waals surface area contributed by atoms with E-state index in [0.29, 0.717) is 46.2 Å². The second-order valence-electron chi connectivity index (χ2n) is 7.72. The van der Waals surface area contributed by atoms with Gasteiger partial charge in [0.05, 0.1) is 24.8 Å². The fraction of sp³-hybridized carbons (Fsp3) is 0.318. The third-order valence-corrected chi connectivity index (χ3v) is 5.77. The Kier molecular flexibility index (Phi) is 5.03. The molecule has 31 heavy (non-hydrogen) atoms. The Hall–Kier alpha value is -3.10. The lowest BCUT2D eigenvalue weighted by molar-refractivity contribution is 0.0880. The van der Waals surface area contributed by atoms with Crippen LogP contribution in [0.25, 0.3) is 5.82 Å². The predicted molar refractivity (Wildman–Crippen MR) is 114 cm³/mol. The van der Waals surface area contributed by atoms with Crippen LogP contribution in [-0.4, -0.2) is 45.6 Å². The summed E-state index contributed by atoms with van der Waals surface area (Å²) >= 11 is 5.89. The van der Waals surface area contributed by atoms with Crippen LogP contribution in [0.1, 0.15) is 28.9 Å². The molecule has 1 aliphatic carbocycles. The predicted octanol–water partition coefficient (Wildman–Crippen LogP) is 3.24. The van der Waals surface area contributed by atoms with E-state index < -0.39 is 6.10 Å². The fourth-order valence-corrected chi connectivity index (χ4v) is 3.75. The first kappa shape index (κ1) is 19.8. The third kappa shape index (κ3) is 3.84. The number of ether oxygens (including phenoxy) is 2. The number of amides is 1. The van der Waals surface area contributed by atoms with E-state index in [1.807, 2.05) is 0 Å². The first-order chi connectivity index (χ1) is 15.0. The first-order valence-corrected chi connectivity index (χ1v) is 10.4. The van der Waals surface area contributed by atoms with Crippen molar-refractivity contribution in [2.24, 2.45) is 5.92 Å². The highest BCUT2D eigenvalue weighted by molar-refractivity contribution is 6.30. The molecule has 1 atom stereocenters. The molecule has 1 amide bonds. The van der Waals surface area contributed by atoms with Gasteiger partial charge in [0.1, 0.15) is 6.61 Å². The molecule has 3 heterocycles. The summed E-state index contributed by atoms with van der Waals surface area (Å²) in [5, 5.41) is 15.0. The van der Waals surface area contributed by atoms with Crippen LogP contribution in [0, 0.1) is 5.92 Å². The van der Waals surface area contributed by atoms with Gasteiger partial charge in [0.15, 0.2) is 23.0 Å². The van der Waals surface area contributed by atoms with Gasteiger partial charge in [0, 0.05) is 29.7 Å². The molecule has 0 saturated heterocycles. The number of carbonyl (C=O) groups is 1. The Morgan fingerprint density at radius 2 is 2.10 bits per heavy atom. The summed E-state index contributed by atoms with van der Waals surface area (Å²) in [6, 6.07) is 8.80. The average Bonchev–Trinajstić information content (AvgIpc) is 3.48. The second-order valence-corrected chi connectivity index (χ2v) is 8.16. The Bertz CT molecular complexity index is 1130. The smallest absolute Gasteiger partial charge is 0.279 e. The molecular formula is C22H21ClN4O4. The molecule has 2 aliphatic rings. The Labute approximate surface area is 184 Å². The SMILES string of the molecule is COc1cc(N2Cc3cn(-c4ccc(Cl)cn4)nc3C2=O)ccc1OCC(O)C1CC1. The lowest BCUT2D eigenvalue weighted by atomic mass is 10.2. The van der Waals surface area contributed by atoms with Crippen LogP contribution >= 0.6 is 11.6 Å². The Morgan fingerprint density at radius 3 is 2.77 bits per heavy atom. The molecule has 1 aromatic carbocycles. The minimum Gasteiger partial charge on any atom is -0.493 e. The summed E-state index contributed by atoms with van der Waals surface area (Å²) in [5.74, 6) is 1.78. The summed E-state index contributed by atoms with van der Waals surface area (Å²) in [6.07, 6.45) is 4.97. The number of hydrogen-bond acceptors (Lipinski definition) is 6. The van der Waals surface area contributed by atoms with Crippen LogP contribution in [0.2, 0.25) is 5.02 Å². The van der Waals surface area contributed by atoms with Crippen LogP contribution in [0.4, 0.5) is 5.69 Å². The number of halogens is 1. The summed E-state index contributed by atoms with van der Waals surface area (Å²) in [7, 11) is 1.55. The van der Waals surface area contributed by atoms with Gasteiger partial charge in [0.2, 0.25) is 0 Å². The van der Waals surface area contributed by atoms with Gasteiger partial charge in [-0.2, -0.15) is 5.10 Å². The largest absolute Gasteiger partial charge is 0.493 e. The Balaban J connectivity index is 1.33. The summed E-state index contributed by atoms with van der Waals surface area (Å²) in [4.78, 5) is 18.9. The van der Waals surface area contributed by atoms with Gasteiger partial charge < -0.3 is 19.5 Å². The Morgan fingerprint density at radius 1 is 1.26 bits per heavy atom. The zero-order valence-corrected chi connectivity index (χ0v) is 17.6. The van der Waals surface area contributed by atoms with E-state index in [-0.39, 0.29) is 12.5 Å². The molecule has 0 radical (unpaired) electrons. The maximum Gasteiger partial charge on any atom is 0.279 e. The van der Waals surface area contributed by atoms with Gasteiger partial charge in [-0.25, -0.2) is 9.67 Å². The first-order valence-electron chi connectivity index (χ1n) is 10.0. The van der Waals surface area contributed by atoms with Crippen molar-refractivity contribution in [3.8, 4) is 17.3 Å². The van der Waals surface area contributed by atoms with Crippen molar-refractivity contribution in [1.82, 2.24) is 14.8 Å². The molecule has 0 bridgehead atoms. The van der Waals surface area contributed by atoms with Crippen LogP contribution in [0.3, 0.4) is 0 Å². The van der Waals surface area contributed by atoms with Gasteiger partial charge in [-0.15, -0.1) is 0 Å². The van der Waals surface area contributed by atoms with E-state index in [2.05, 4.69) is 10.1 Å². The molecule has 160 valence electrons. The number of benzene rings is 1. The van der Waals surface area contributed by atoms with Crippen molar-refractivity contribution >= 4 is 23.2 Å². The number of hydrogen-bond donors (Lipinski definition) is 1. The van der Waals surface area contributed by atoms with E-state index >= 15 is 0 Å². The average molecular weight is 441 g/mol. The lowest BCUT2D eigenvalue weighted by Gasteiger charge is -2.19. The van der Waals surface area contributed by atoms with E-state index in [1.165, 1.54) is 6.20 Å². The highest BCUT2D eigenvalue weighted by Gasteiger charge is 2.33. The van der Waals surface area contributed by atoms with Crippen molar-refractivity contribution < 1.29 is 19.4 Å². The van der Waals surface area contributed by atoms with Crippen molar-refractivity contribution in [1.29, 1.82) is 0 Å². The normalized spacial score (nSPS) is 16.4. The molecule has 1 fully saturated rings. The molecule has 8 nitrogen and oxygen atoms in total. The number of pyridine rings is 1. The number of nitrogens with zero attached hydrogens (tertiary/aromatic N) is 4. The quantitative estimate of drug-likeness (QED) is 0.606. The highest BCUT2D eigenvalue weighted by atomic mass is 35.5. The van der Waals surface area contributed by atoms with Gasteiger partial charge in [-0.05, 0) is 43.0 Å². The van der Waals surface area contributed by atoms with Crippen LogP contribution in [-0.2, 0) is 6.54 Å². The molecular weight excluding hydrogens is 420 g/mol. The molecule has 1 unspecified atom stereocenters. The minimum atomic E-state index is -0.466. The van der Waals surface area contributed by atoms with Gasteiger partial charge in [-0.1, -0.05) is 11.6 Å². The van der Waals surface area contributed by atoms with E-state index in [0.717, 1.165) is 18.4 Å². The molecule has 9 heteroatoms. The fourth-order valence-electron chi connectivity index (χ4n) is 3.64. The molecule has 5 rings (SSSR count). The number of methoxy groups -OCH3 is 1. The lowest BCUT2D eigenvalue weighted by Crippen LogP contribution is -2.24. The van der Waals surface area contributed by atoms with Gasteiger partial charge >= 0.3 is 0 Å². The molecule has 3 aromatic rings. The summed E-state index contributed by atoms with van der Waals surface area (Å²) < 4.78 is 12.8. The minimum absolute atomic E-state index is 0.192. The van der Waals surface area contributed by atoms with Gasteiger partial charge in [-0.3, -0.25) is 4.79 Å². The maximum absolute atomic E-state index is 13.0. The summed E-state index contributed by atoms with van der Waals surface area (Å²) in [5.41, 5.74) is 1.89. The van der Waals surface area contributed by atoms with Crippen molar-refractivity contribution in [3.05, 3.63) is 59.0 Å². The van der Waals surface area contributed by atoms with Crippen LogP contribution < -0.4 is 14.4 Å². The summed E-state index contributed by atoms with van der Waals surface area (Å²) in [6.45, 7) is 0.618. The highest BCUT2D eigenvalue weighted by Crippen LogP contribution is 2.37.